The Kier molecular flexibility index (Phi) is 7.56. The van der Waals surface area contributed by atoms with Crippen molar-refractivity contribution in [3.63, 3.8) is 0 Å². The number of hydrogen-bond donors (Lipinski definition) is 1. The van der Waals surface area contributed by atoms with Gasteiger partial charge in [-0.2, -0.15) is 4.31 Å². The number of amides is 1. The second kappa shape index (κ2) is 9.97. The normalized spacial score (nSPS) is 11.5. The van der Waals surface area contributed by atoms with Gasteiger partial charge in [0.25, 0.3) is 0 Å². The molecule has 3 rings (SSSR count). The highest BCUT2D eigenvalue weighted by atomic mass is 35.5. The third-order valence-corrected chi connectivity index (χ3v) is 7.06. The van der Waals surface area contributed by atoms with Gasteiger partial charge in [-0.15, -0.1) is 0 Å². The van der Waals surface area contributed by atoms with E-state index >= 15 is 0 Å². The number of anilines is 1. The minimum absolute atomic E-state index is 0.0443. The molecule has 0 bridgehead atoms. The molecular weight excluding hydrogens is 486 g/mol. The third kappa shape index (κ3) is 5.75. The molecule has 0 aliphatic heterocycles. The quantitative estimate of drug-likeness (QED) is 0.457. The minimum atomic E-state index is -4.19. The molecule has 162 valence electrons. The summed E-state index contributed by atoms with van der Waals surface area (Å²) in [6.45, 7) is -1.05. The first kappa shape index (κ1) is 23.5. The molecule has 10 heteroatoms. The van der Waals surface area contributed by atoms with Gasteiger partial charge in [0, 0.05) is 22.2 Å². The van der Waals surface area contributed by atoms with E-state index in [9.17, 15) is 17.6 Å². The van der Waals surface area contributed by atoms with E-state index in [-0.39, 0.29) is 15.5 Å². The van der Waals surface area contributed by atoms with Gasteiger partial charge in [-0.05, 0) is 48.5 Å². The van der Waals surface area contributed by atoms with Gasteiger partial charge in [0.2, 0.25) is 15.9 Å². The Morgan fingerprint density at radius 3 is 2.19 bits per heavy atom. The summed E-state index contributed by atoms with van der Waals surface area (Å²) in [6.07, 6.45) is 0. The van der Waals surface area contributed by atoms with Crippen molar-refractivity contribution in [2.45, 2.75) is 11.4 Å². The van der Waals surface area contributed by atoms with Crippen molar-refractivity contribution in [3.8, 4) is 0 Å². The number of nitrogens with zero attached hydrogens (tertiary/aromatic N) is 1. The van der Waals surface area contributed by atoms with Crippen LogP contribution in [0.15, 0.2) is 71.6 Å². The van der Waals surface area contributed by atoms with Gasteiger partial charge in [0.1, 0.15) is 5.82 Å². The van der Waals surface area contributed by atoms with Crippen molar-refractivity contribution in [2.24, 2.45) is 0 Å². The van der Waals surface area contributed by atoms with Gasteiger partial charge < -0.3 is 5.32 Å². The lowest BCUT2D eigenvalue weighted by Gasteiger charge is -2.23. The van der Waals surface area contributed by atoms with Crippen LogP contribution in [0.1, 0.15) is 5.56 Å². The lowest BCUT2D eigenvalue weighted by Crippen LogP contribution is -2.38. The summed E-state index contributed by atoms with van der Waals surface area (Å²) in [6, 6.07) is 16.0. The van der Waals surface area contributed by atoms with Crippen LogP contribution in [-0.4, -0.2) is 25.2 Å². The number of carbonyl (C=O) groups excluding carboxylic acids is 1. The average Bonchev–Trinajstić information content (AvgIpc) is 2.72. The maximum atomic E-state index is 14.4. The van der Waals surface area contributed by atoms with Crippen molar-refractivity contribution < 1.29 is 17.6 Å². The zero-order valence-electron chi connectivity index (χ0n) is 15.9. The van der Waals surface area contributed by atoms with Gasteiger partial charge >= 0.3 is 0 Å². The molecule has 5 nitrogen and oxygen atoms in total. The summed E-state index contributed by atoms with van der Waals surface area (Å²) in [5, 5.41) is 3.25. The van der Waals surface area contributed by atoms with Crippen LogP contribution in [0, 0.1) is 5.82 Å². The molecule has 1 amide bonds. The predicted octanol–water partition coefficient (Wildman–Crippen LogP) is 5.62. The van der Waals surface area contributed by atoms with Crippen molar-refractivity contribution in [1.29, 1.82) is 0 Å². The Labute approximate surface area is 194 Å². The molecule has 0 aliphatic rings. The van der Waals surface area contributed by atoms with Crippen LogP contribution in [0.2, 0.25) is 15.1 Å². The predicted molar refractivity (Wildman–Crippen MR) is 121 cm³/mol. The highest BCUT2D eigenvalue weighted by Crippen LogP contribution is 2.26. The summed E-state index contributed by atoms with van der Waals surface area (Å²) >= 11 is 18.0. The number of benzene rings is 3. The zero-order chi connectivity index (χ0) is 22.6. The topological polar surface area (TPSA) is 66.5 Å². The highest BCUT2D eigenvalue weighted by molar-refractivity contribution is 7.89. The number of para-hydroxylation sites is 1. The fourth-order valence-electron chi connectivity index (χ4n) is 2.75. The van der Waals surface area contributed by atoms with E-state index in [4.69, 9.17) is 34.8 Å². The van der Waals surface area contributed by atoms with Gasteiger partial charge in [0.15, 0.2) is 0 Å². The Hall–Kier alpha value is -2.16. The van der Waals surface area contributed by atoms with Crippen LogP contribution in [-0.2, 0) is 21.4 Å². The molecule has 0 aliphatic carbocycles. The van der Waals surface area contributed by atoms with E-state index in [1.807, 2.05) is 0 Å². The molecule has 0 radical (unpaired) electrons. The molecule has 0 spiro atoms. The molecule has 1 N–H and O–H groups in total. The molecule has 0 aromatic heterocycles. The van der Waals surface area contributed by atoms with Crippen LogP contribution in [0.3, 0.4) is 0 Å². The third-order valence-electron chi connectivity index (χ3n) is 4.32. The fraction of sp³-hybridized carbons (Fsp3) is 0.0952. The van der Waals surface area contributed by atoms with Crippen LogP contribution in [0.5, 0.6) is 0 Å². The molecule has 0 heterocycles. The first-order valence-electron chi connectivity index (χ1n) is 8.91. The molecule has 0 saturated heterocycles. The van der Waals surface area contributed by atoms with Crippen molar-refractivity contribution in [2.75, 3.05) is 11.9 Å². The van der Waals surface area contributed by atoms with Gasteiger partial charge in [0.05, 0.1) is 22.2 Å². The van der Waals surface area contributed by atoms with Crippen LogP contribution in [0.4, 0.5) is 10.1 Å². The highest BCUT2D eigenvalue weighted by Gasteiger charge is 2.28. The molecule has 0 unspecified atom stereocenters. The smallest absolute Gasteiger partial charge is 0.243 e. The van der Waals surface area contributed by atoms with E-state index in [1.165, 1.54) is 36.4 Å². The van der Waals surface area contributed by atoms with Gasteiger partial charge in [-0.25, -0.2) is 12.8 Å². The van der Waals surface area contributed by atoms with Gasteiger partial charge in [-0.1, -0.05) is 53.0 Å². The fourth-order valence-corrected chi connectivity index (χ4v) is 4.65. The maximum absolute atomic E-state index is 14.4. The lowest BCUT2D eigenvalue weighted by atomic mass is 10.2. The molecule has 0 atom stereocenters. The standard InChI is InChI=1S/C21H16Cl3FN2O3S/c22-14-8-10-15(11-9-14)31(29,30)27(12-16-17(23)5-3-6-19(16)25)13-21(28)26-20-7-2-1-4-18(20)24/h1-11H,12-13H2,(H,26,28). The zero-order valence-corrected chi connectivity index (χ0v) is 18.9. The van der Waals surface area contributed by atoms with E-state index in [0.717, 1.165) is 10.4 Å². The number of halogens is 4. The Bertz CT molecular complexity index is 1180. The summed E-state index contributed by atoms with van der Waals surface area (Å²) in [5.41, 5.74) is 0.272. The van der Waals surface area contributed by atoms with Crippen molar-refractivity contribution >= 4 is 56.4 Å². The molecule has 0 saturated carbocycles. The average molecular weight is 502 g/mol. The van der Waals surface area contributed by atoms with Gasteiger partial charge in [-0.3, -0.25) is 4.79 Å². The molecule has 3 aromatic carbocycles. The molecule has 31 heavy (non-hydrogen) atoms. The van der Waals surface area contributed by atoms with E-state index in [0.29, 0.717) is 15.7 Å². The Balaban J connectivity index is 1.94. The number of sulfonamides is 1. The van der Waals surface area contributed by atoms with E-state index in [1.54, 1.807) is 24.3 Å². The maximum Gasteiger partial charge on any atom is 0.243 e. The summed E-state index contributed by atoms with van der Waals surface area (Å²) in [4.78, 5) is 12.5. The first-order chi connectivity index (χ1) is 14.7. The SMILES string of the molecule is O=C(CN(Cc1c(F)cccc1Cl)S(=O)(=O)c1ccc(Cl)cc1)Nc1ccccc1Cl. The largest absolute Gasteiger partial charge is 0.324 e. The van der Waals surface area contributed by atoms with Crippen LogP contribution >= 0.6 is 34.8 Å². The summed E-state index contributed by atoms with van der Waals surface area (Å²) in [5.74, 6) is -1.34. The molecular formula is C21H16Cl3FN2O3S. The minimum Gasteiger partial charge on any atom is -0.324 e. The first-order valence-corrected chi connectivity index (χ1v) is 11.5. The van der Waals surface area contributed by atoms with E-state index < -0.39 is 34.8 Å². The molecule has 0 fully saturated rings. The number of rotatable bonds is 7. The summed E-state index contributed by atoms with van der Waals surface area (Å²) < 4.78 is 41.7. The number of nitrogens with one attached hydrogen (secondary N) is 1. The Morgan fingerprint density at radius 2 is 1.55 bits per heavy atom. The monoisotopic (exact) mass is 500 g/mol. The second-order valence-electron chi connectivity index (χ2n) is 6.46. The summed E-state index contributed by atoms with van der Waals surface area (Å²) in [7, 11) is -4.19. The van der Waals surface area contributed by atoms with Crippen LogP contribution in [0.25, 0.3) is 0 Å². The molecule has 3 aromatic rings. The Morgan fingerprint density at radius 1 is 0.903 bits per heavy atom. The van der Waals surface area contributed by atoms with Crippen LogP contribution < -0.4 is 5.32 Å². The lowest BCUT2D eigenvalue weighted by molar-refractivity contribution is -0.116. The van der Waals surface area contributed by atoms with Crippen molar-refractivity contribution in [1.82, 2.24) is 4.31 Å². The van der Waals surface area contributed by atoms with Crippen molar-refractivity contribution in [3.05, 3.63) is 93.2 Å². The number of hydrogen-bond acceptors (Lipinski definition) is 3. The number of carbonyl (C=O) groups is 1. The van der Waals surface area contributed by atoms with E-state index in [2.05, 4.69) is 5.32 Å². The second-order valence-corrected chi connectivity index (χ2v) is 9.64.